The number of carbonyl (C=O) groups is 1. The molecule has 5 nitrogen and oxygen atoms in total. The van der Waals surface area contributed by atoms with Crippen LogP contribution >= 0.6 is 11.8 Å². The Morgan fingerprint density at radius 1 is 0.824 bits per heavy atom. The Balaban J connectivity index is 1.35. The number of carbonyl (C=O) groups excluding carboxylic acids is 1. The fourth-order valence-corrected chi connectivity index (χ4v) is 4.88. The Kier molecular flexibility index (Phi) is 6.96. The van der Waals surface area contributed by atoms with Gasteiger partial charge in [-0.05, 0) is 59.5 Å². The maximum absolute atomic E-state index is 12.5. The lowest BCUT2D eigenvalue weighted by atomic mass is 10.1. The molecule has 3 aromatic rings. The van der Waals surface area contributed by atoms with Crippen LogP contribution in [0.1, 0.15) is 29.5 Å². The summed E-state index contributed by atoms with van der Waals surface area (Å²) in [5.41, 5.74) is 3.04. The third-order valence-corrected chi connectivity index (χ3v) is 6.77. The number of hydrogen-bond donors (Lipinski definition) is 0. The van der Waals surface area contributed by atoms with Gasteiger partial charge in [0.05, 0.1) is 4.91 Å². The van der Waals surface area contributed by atoms with E-state index in [1.165, 1.54) is 11.8 Å². The van der Waals surface area contributed by atoms with Gasteiger partial charge in [-0.25, -0.2) is 0 Å². The predicted octanol–water partition coefficient (Wildman–Crippen LogP) is 5.91. The Morgan fingerprint density at radius 3 is 2.09 bits per heavy atom. The highest BCUT2D eigenvalue weighted by molar-refractivity contribution is 8.18. The summed E-state index contributed by atoms with van der Waals surface area (Å²) in [5, 5.41) is 0.817. The molecule has 2 aliphatic rings. The van der Waals surface area contributed by atoms with Gasteiger partial charge in [-0.15, -0.1) is 0 Å². The summed E-state index contributed by atoms with van der Waals surface area (Å²) < 4.78 is 12.3. The van der Waals surface area contributed by atoms with E-state index in [1.807, 2.05) is 84.9 Å². The maximum Gasteiger partial charge on any atom is 0.286 e. The number of amides is 1. The van der Waals surface area contributed by atoms with Crippen LogP contribution in [0.4, 0.5) is 0 Å². The number of rotatable bonds is 7. The van der Waals surface area contributed by atoms with Crippen LogP contribution in [0.25, 0.3) is 6.08 Å². The second kappa shape index (κ2) is 10.6. The van der Waals surface area contributed by atoms with Crippen LogP contribution in [0.3, 0.4) is 0 Å². The largest absolute Gasteiger partial charge is 0.485 e. The van der Waals surface area contributed by atoms with E-state index in [0.29, 0.717) is 29.6 Å². The van der Waals surface area contributed by atoms with Crippen molar-refractivity contribution in [3.05, 3.63) is 100 Å². The molecule has 2 heterocycles. The first-order valence-electron chi connectivity index (χ1n) is 11.5. The van der Waals surface area contributed by atoms with Crippen molar-refractivity contribution >= 4 is 28.9 Å². The Bertz CT molecular complexity index is 1200. The average Bonchev–Trinajstić information content (AvgIpc) is 3.54. The molecule has 5 rings (SSSR count). The molecule has 0 unspecified atom stereocenters. The normalized spacial score (nSPS) is 16.7. The van der Waals surface area contributed by atoms with Gasteiger partial charge >= 0.3 is 0 Å². The van der Waals surface area contributed by atoms with Gasteiger partial charge in [0, 0.05) is 13.1 Å². The van der Waals surface area contributed by atoms with Gasteiger partial charge in [-0.3, -0.25) is 4.79 Å². The van der Waals surface area contributed by atoms with Crippen molar-refractivity contribution in [3.8, 4) is 11.5 Å². The third kappa shape index (κ3) is 5.51. The molecule has 1 saturated heterocycles. The van der Waals surface area contributed by atoms with Gasteiger partial charge < -0.3 is 14.4 Å². The predicted molar refractivity (Wildman–Crippen MR) is 137 cm³/mol. The number of benzene rings is 3. The van der Waals surface area contributed by atoms with Crippen LogP contribution in [-0.2, 0) is 18.0 Å². The molecule has 3 aromatic carbocycles. The number of nitrogens with zero attached hydrogens (tertiary/aromatic N) is 2. The van der Waals surface area contributed by atoms with E-state index in [4.69, 9.17) is 9.47 Å². The molecule has 34 heavy (non-hydrogen) atoms. The van der Waals surface area contributed by atoms with Gasteiger partial charge in [0.15, 0.2) is 16.7 Å². The number of amidine groups is 1. The monoisotopic (exact) mass is 470 g/mol. The molecule has 0 aromatic heterocycles. The van der Waals surface area contributed by atoms with Crippen LogP contribution in [0, 0.1) is 0 Å². The van der Waals surface area contributed by atoms with Gasteiger partial charge in [0.25, 0.3) is 5.91 Å². The van der Waals surface area contributed by atoms with Gasteiger partial charge in [0.1, 0.15) is 13.2 Å². The van der Waals surface area contributed by atoms with Crippen molar-refractivity contribution < 1.29 is 14.3 Å². The lowest BCUT2D eigenvalue weighted by molar-refractivity contribution is -0.113. The molecule has 0 atom stereocenters. The minimum Gasteiger partial charge on any atom is -0.485 e. The first-order chi connectivity index (χ1) is 16.7. The Labute approximate surface area is 204 Å². The van der Waals surface area contributed by atoms with E-state index in [9.17, 15) is 4.79 Å². The van der Waals surface area contributed by atoms with Crippen LogP contribution in [0.2, 0.25) is 0 Å². The summed E-state index contributed by atoms with van der Waals surface area (Å²) in [5.74, 6) is 1.13. The summed E-state index contributed by atoms with van der Waals surface area (Å²) in [6, 6.07) is 25.9. The fraction of sp³-hybridized carbons (Fsp3) is 0.214. The Hall–Kier alpha value is -3.51. The van der Waals surface area contributed by atoms with Crippen molar-refractivity contribution in [1.82, 2.24) is 4.90 Å². The van der Waals surface area contributed by atoms with E-state index in [2.05, 4.69) is 9.89 Å². The van der Waals surface area contributed by atoms with Crippen molar-refractivity contribution in [2.45, 2.75) is 26.1 Å². The lowest BCUT2D eigenvalue weighted by Crippen LogP contribution is -2.23. The standard InChI is InChI=1S/C28H26N2O3S/c31-27-26(34-28(29-27)30-15-7-8-16-30)18-23-13-14-24(32-19-21-9-3-1-4-10-21)25(17-23)33-20-22-11-5-2-6-12-22/h1-6,9-14,17-18H,7-8,15-16,19-20H2/b26-18-. The van der Waals surface area contributed by atoms with Crippen molar-refractivity contribution in [1.29, 1.82) is 0 Å². The second-order valence-corrected chi connectivity index (χ2v) is 9.27. The van der Waals surface area contributed by atoms with Crippen LogP contribution in [0.15, 0.2) is 88.8 Å². The van der Waals surface area contributed by atoms with E-state index in [0.717, 1.165) is 47.8 Å². The summed E-state index contributed by atoms with van der Waals surface area (Å²) in [7, 11) is 0. The van der Waals surface area contributed by atoms with Crippen molar-refractivity contribution in [2.75, 3.05) is 13.1 Å². The number of hydrogen-bond acceptors (Lipinski definition) is 5. The number of ether oxygens (including phenoxy) is 2. The number of aliphatic imine (C=N–C) groups is 1. The SMILES string of the molecule is O=C1N=C(N2CCCC2)S/C1=C\c1ccc(OCc2ccccc2)c(OCc2ccccc2)c1. The van der Waals surface area contributed by atoms with Gasteiger partial charge in [0.2, 0.25) is 0 Å². The summed E-state index contributed by atoms with van der Waals surface area (Å²) in [6.45, 7) is 2.82. The summed E-state index contributed by atoms with van der Waals surface area (Å²) >= 11 is 1.45. The van der Waals surface area contributed by atoms with Gasteiger partial charge in [-0.2, -0.15) is 4.99 Å². The van der Waals surface area contributed by atoms with Crippen LogP contribution in [-0.4, -0.2) is 29.1 Å². The zero-order valence-corrected chi connectivity index (χ0v) is 19.7. The zero-order chi connectivity index (χ0) is 23.2. The lowest BCUT2D eigenvalue weighted by Gasteiger charge is -2.15. The fourth-order valence-electron chi connectivity index (χ4n) is 3.91. The Morgan fingerprint density at radius 2 is 1.44 bits per heavy atom. The minimum atomic E-state index is -0.178. The molecule has 0 saturated carbocycles. The molecule has 0 aliphatic carbocycles. The molecular formula is C28H26N2O3S. The summed E-state index contributed by atoms with van der Waals surface area (Å²) in [6.07, 6.45) is 4.19. The first kappa shape index (κ1) is 22.3. The molecule has 6 heteroatoms. The topological polar surface area (TPSA) is 51.1 Å². The van der Waals surface area contributed by atoms with E-state index < -0.39 is 0 Å². The molecule has 0 bridgehead atoms. The molecular weight excluding hydrogens is 444 g/mol. The number of thioether (sulfide) groups is 1. The highest BCUT2D eigenvalue weighted by atomic mass is 32.2. The maximum atomic E-state index is 12.5. The van der Waals surface area contributed by atoms with Crippen molar-refractivity contribution in [3.63, 3.8) is 0 Å². The quantitative estimate of drug-likeness (QED) is 0.402. The van der Waals surface area contributed by atoms with Gasteiger partial charge in [-0.1, -0.05) is 66.7 Å². The molecule has 0 radical (unpaired) electrons. The highest BCUT2D eigenvalue weighted by Crippen LogP contribution is 2.35. The van der Waals surface area contributed by atoms with Crippen LogP contribution in [0.5, 0.6) is 11.5 Å². The molecule has 0 spiro atoms. The molecule has 172 valence electrons. The summed E-state index contributed by atoms with van der Waals surface area (Å²) in [4.78, 5) is 19.6. The molecule has 2 aliphatic heterocycles. The highest BCUT2D eigenvalue weighted by Gasteiger charge is 2.27. The molecule has 1 amide bonds. The van der Waals surface area contributed by atoms with Crippen LogP contribution < -0.4 is 9.47 Å². The van der Waals surface area contributed by atoms with E-state index in [-0.39, 0.29) is 5.91 Å². The van der Waals surface area contributed by atoms with Crippen molar-refractivity contribution in [2.24, 2.45) is 4.99 Å². The zero-order valence-electron chi connectivity index (χ0n) is 18.9. The smallest absolute Gasteiger partial charge is 0.286 e. The van der Waals surface area contributed by atoms with E-state index >= 15 is 0 Å². The number of likely N-dealkylation sites (tertiary alicyclic amines) is 1. The first-order valence-corrected chi connectivity index (χ1v) is 12.3. The molecule has 0 N–H and O–H groups in total. The average molecular weight is 471 g/mol. The minimum absolute atomic E-state index is 0.178. The second-order valence-electron chi connectivity index (χ2n) is 8.26. The molecule has 1 fully saturated rings. The third-order valence-electron chi connectivity index (χ3n) is 5.73. The van der Waals surface area contributed by atoms with E-state index in [1.54, 1.807) is 0 Å².